The largest absolute Gasteiger partial charge is 0.573 e. The summed E-state index contributed by atoms with van der Waals surface area (Å²) in [5.41, 5.74) is 6.05. The van der Waals surface area contributed by atoms with Crippen molar-refractivity contribution in [3.8, 4) is 5.75 Å². The fourth-order valence-corrected chi connectivity index (χ4v) is 2.10. The molecule has 0 fully saturated rings. The van der Waals surface area contributed by atoms with E-state index in [-0.39, 0.29) is 22.0 Å². The maximum absolute atomic E-state index is 12.1. The minimum atomic E-state index is -4.77. The Bertz CT molecular complexity index is 507. The van der Waals surface area contributed by atoms with E-state index in [9.17, 15) is 18.0 Å². The number of benzene rings is 1. The van der Waals surface area contributed by atoms with Crippen LogP contribution in [-0.4, -0.2) is 18.3 Å². The molecular formula is C13H16BrF3N2O2. The van der Waals surface area contributed by atoms with Crippen LogP contribution >= 0.6 is 15.9 Å². The quantitative estimate of drug-likeness (QED) is 0.833. The lowest BCUT2D eigenvalue weighted by molar-refractivity contribution is -0.274. The van der Waals surface area contributed by atoms with Gasteiger partial charge in [-0.2, -0.15) is 0 Å². The van der Waals surface area contributed by atoms with E-state index in [1.165, 1.54) is 12.1 Å². The van der Waals surface area contributed by atoms with Gasteiger partial charge in [0.1, 0.15) is 5.75 Å². The fraction of sp³-hybridized carbons (Fsp3) is 0.462. The normalized spacial score (nSPS) is 13.1. The van der Waals surface area contributed by atoms with Crippen LogP contribution in [0, 0.1) is 5.92 Å². The molecule has 1 aromatic rings. The van der Waals surface area contributed by atoms with E-state index in [4.69, 9.17) is 5.73 Å². The van der Waals surface area contributed by atoms with E-state index >= 15 is 0 Å². The van der Waals surface area contributed by atoms with Crippen LogP contribution in [0.3, 0.4) is 0 Å². The predicted molar refractivity (Wildman–Crippen MR) is 76.9 cm³/mol. The second-order valence-electron chi connectivity index (χ2n) is 4.92. The van der Waals surface area contributed by atoms with Crippen molar-refractivity contribution in [2.75, 3.05) is 5.32 Å². The van der Waals surface area contributed by atoms with Gasteiger partial charge < -0.3 is 15.8 Å². The van der Waals surface area contributed by atoms with E-state index in [0.717, 1.165) is 6.07 Å². The number of rotatable bonds is 5. The Balaban J connectivity index is 2.74. The lowest BCUT2D eigenvalue weighted by Gasteiger charge is -2.15. The molecule has 0 unspecified atom stereocenters. The van der Waals surface area contributed by atoms with E-state index in [0.29, 0.717) is 12.1 Å². The third-order valence-corrected chi connectivity index (χ3v) is 3.11. The molecule has 0 aliphatic rings. The SMILES string of the molecule is CC(C)C[C@@H](N)C(=O)Nc1ccc(OC(F)(F)F)c(Br)c1. The Kier molecular flexibility index (Phi) is 6.03. The number of halogens is 4. The molecular weight excluding hydrogens is 353 g/mol. The summed E-state index contributed by atoms with van der Waals surface area (Å²) in [5, 5.41) is 2.55. The molecule has 0 bridgehead atoms. The molecule has 3 N–H and O–H groups in total. The highest BCUT2D eigenvalue weighted by atomic mass is 79.9. The number of carbonyl (C=O) groups is 1. The number of ether oxygens (including phenoxy) is 1. The molecule has 0 heterocycles. The summed E-state index contributed by atoms with van der Waals surface area (Å²) < 4.78 is 40.3. The molecule has 0 saturated carbocycles. The number of carbonyl (C=O) groups excluding carboxylic acids is 1. The molecule has 4 nitrogen and oxygen atoms in total. The van der Waals surface area contributed by atoms with Gasteiger partial charge in [-0.15, -0.1) is 13.2 Å². The van der Waals surface area contributed by atoms with Crippen molar-refractivity contribution in [3.05, 3.63) is 22.7 Å². The van der Waals surface area contributed by atoms with Crippen molar-refractivity contribution in [2.45, 2.75) is 32.7 Å². The highest BCUT2D eigenvalue weighted by Gasteiger charge is 2.32. The Morgan fingerprint density at radius 3 is 2.52 bits per heavy atom. The van der Waals surface area contributed by atoms with Gasteiger partial charge in [0, 0.05) is 5.69 Å². The average molecular weight is 369 g/mol. The minimum Gasteiger partial charge on any atom is -0.405 e. The molecule has 1 amide bonds. The highest BCUT2D eigenvalue weighted by molar-refractivity contribution is 9.10. The first kappa shape index (κ1) is 17.8. The first-order chi connectivity index (χ1) is 9.58. The monoisotopic (exact) mass is 368 g/mol. The summed E-state index contributed by atoms with van der Waals surface area (Å²) in [6, 6.07) is 3.07. The van der Waals surface area contributed by atoms with Crippen molar-refractivity contribution in [2.24, 2.45) is 11.7 Å². The molecule has 0 aromatic heterocycles. The molecule has 0 aliphatic heterocycles. The van der Waals surface area contributed by atoms with Crippen LogP contribution in [0.1, 0.15) is 20.3 Å². The first-order valence-corrected chi connectivity index (χ1v) is 6.99. The van der Waals surface area contributed by atoms with Crippen LogP contribution in [0.15, 0.2) is 22.7 Å². The number of nitrogens with two attached hydrogens (primary N) is 1. The molecule has 0 saturated heterocycles. The van der Waals surface area contributed by atoms with Crippen LogP contribution in [0.2, 0.25) is 0 Å². The molecule has 21 heavy (non-hydrogen) atoms. The molecule has 1 rings (SSSR count). The van der Waals surface area contributed by atoms with Gasteiger partial charge in [-0.1, -0.05) is 13.8 Å². The van der Waals surface area contributed by atoms with Gasteiger partial charge >= 0.3 is 6.36 Å². The van der Waals surface area contributed by atoms with Gasteiger partial charge in [-0.3, -0.25) is 4.79 Å². The third-order valence-electron chi connectivity index (χ3n) is 2.49. The fourth-order valence-electron chi connectivity index (χ4n) is 1.64. The molecule has 0 spiro atoms. The van der Waals surface area contributed by atoms with Gasteiger partial charge in [0.25, 0.3) is 0 Å². The molecule has 8 heteroatoms. The van der Waals surface area contributed by atoms with Gasteiger partial charge in [-0.25, -0.2) is 0 Å². The van der Waals surface area contributed by atoms with Crippen molar-refractivity contribution in [1.82, 2.24) is 0 Å². The average Bonchev–Trinajstić information content (AvgIpc) is 2.30. The van der Waals surface area contributed by atoms with E-state index < -0.39 is 12.4 Å². The highest BCUT2D eigenvalue weighted by Crippen LogP contribution is 2.32. The topological polar surface area (TPSA) is 64.4 Å². The number of alkyl halides is 3. The van der Waals surface area contributed by atoms with Crippen LogP contribution in [0.5, 0.6) is 5.75 Å². The van der Waals surface area contributed by atoms with Crippen LogP contribution < -0.4 is 15.8 Å². The number of anilines is 1. The molecule has 1 atom stereocenters. The van der Waals surface area contributed by atoms with Crippen molar-refractivity contribution in [3.63, 3.8) is 0 Å². The van der Waals surface area contributed by atoms with Gasteiger partial charge in [-0.05, 0) is 46.5 Å². The van der Waals surface area contributed by atoms with E-state index in [1.54, 1.807) is 0 Å². The summed E-state index contributed by atoms with van der Waals surface area (Å²) in [4.78, 5) is 11.8. The first-order valence-electron chi connectivity index (χ1n) is 6.20. The maximum atomic E-state index is 12.1. The van der Waals surface area contributed by atoms with Crippen LogP contribution in [0.25, 0.3) is 0 Å². The zero-order valence-corrected chi connectivity index (χ0v) is 13.1. The number of hydrogen-bond acceptors (Lipinski definition) is 3. The Morgan fingerprint density at radius 1 is 1.43 bits per heavy atom. The number of nitrogens with one attached hydrogen (secondary N) is 1. The van der Waals surface area contributed by atoms with Crippen LogP contribution in [0.4, 0.5) is 18.9 Å². The maximum Gasteiger partial charge on any atom is 0.573 e. The molecule has 0 aliphatic carbocycles. The van der Waals surface area contributed by atoms with Crippen LogP contribution in [-0.2, 0) is 4.79 Å². The lowest BCUT2D eigenvalue weighted by atomic mass is 10.0. The molecule has 0 radical (unpaired) electrons. The summed E-state index contributed by atoms with van der Waals surface area (Å²) in [6.07, 6.45) is -4.25. The zero-order valence-electron chi connectivity index (χ0n) is 11.5. The zero-order chi connectivity index (χ0) is 16.2. The number of amides is 1. The second kappa shape index (κ2) is 7.13. The van der Waals surface area contributed by atoms with Crippen molar-refractivity contribution in [1.29, 1.82) is 0 Å². The van der Waals surface area contributed by atoms with E-state index in [2.05, 4.69) is 26.0 Å². The lowest BCUT2D eigenvalue weighted by Crippen LogP contribution is -2.36. The summed E-state index contributed by atoms with van der Waals surface area (Å²) >= 11 is 2.96. The smallest absolute Gasteiger partial charge is 0.405 e. The Labute approximate surface area is 129 Å². The standard InChI is InChI=1S/C13H16BrF3N2O2/c1-7(2)5-10(18)12(20)19-8-3-4-11(9(14)6-8)21-13(15,16)17/h3-4,6-7,10H,5,18H2,1-2H3,(H,19,20)/t10-/m1/s1. The van der Waals surface area contributed by atoms with Gasteiger partial charge in [0.05, 0.1) is 10.5 Å². The minimum absolute atomic E-state index is 0.0788. The summed E-state index contributed by atoms with van der Waals surface area (Å²) in [6.45, 7) is 3.87. The molecule has 118 valence electrons. The third kappa shape index (κ3) is 6.34. The van der Waals surface area contributed by atoms with Gasteiger partial charge in [0.2, 0.25) is 5.91 Å². The number of hydrogen-bond donors (Lipinski definition) is 2. The summed E-state index contributed by atoms with van der Waals surface area (Å²) in [5.74, 6) is -0.507. The Hall–Kier alpha value is -1.28. The molecule has 1 aromatic carbocycles. The van der Waals surface area contributed by atoms with E-state index in [1.807, 2.05) is 13.8 Å². The predicted octanol–water partition coefficient (Wildman–Crippen LogP) is 3.66. The summed E-state index contributed by atoms with van der Waals surface area (Å²) in [7, 11) is 0. The Morgan fingerprint density at radius 2 is 2.05 bits per heavy atom. The van der Waals surface area contributed by atoms with Gasteiger partial charge in [0.15, 0.2) is 0 Å². The van der Waals surface area contributed by atoms with Crippen molar-refractivity contribution >= 4 is 27.5 Å². The second-order valence-corrected chi connectivity index (χ2v) is 5.77. The van der Waals surface area contributed by atoms with Crippen molar-refractivity contribution < 1.29 is 22.7 Å².